The topological polar surface area (TPSA) is 20.2 Å². The zero-order chi connectivity index (χ0) is 13.4. The highest BCUT2D eigenvalue weighted by Gasteiger charge is 1.80. The minimum Gasteiger partial charge on any atom is -0.516 e. The molecule has 1 rings (SSSR count). The first-order chi connectivity index (χ1) is 8.22. The number of rotatable bonds is 4. The Kier molecular flexibility index (Phi) is 18.3. The molecule has 0 saturated carbocycles. The van der Waals surface area contributed by atoms with Crippen LogP contribution in [0.15, 0.2) is 43.2 Å². The fraction of sp³-hybridized carbons (Fsp3) is 0.500. The number of benzene rings is 1. The van der Waals surface area contributed by atoms with E-state index in [2.05, 4.69) is 39.5 Å². The molecule has 0 amide bonds. The molecule has 1 aromatic rings. The van der Waals surface area contributed by atoms with Crippen LogP contribution in [0, 0.1) is 6.92 Å². The van der Waals surface area contributed by atoms with Crippen molar-refractivity contribution in [1.29, 1.82) is 0 Å². The highest BCUT2D eigenvalue weighted by Crippen LogP contribution is 2.00. The molecular weight excluding hydrogens is 208 g/mol. The summed E-state index contributed by atoms with van der Waals surface area (Å²) in [6, 6.07) is 10.3. The average molecular weight is 236 g/mol. The van der Waals surface area contributed by atoms with Crippen LogP contribution in [0.25, 0.3) is 0 Å². The van der Waals surface area contributed by atoms with Crippen LogP contribution in [0.4, 0.5) is 0 Å². The molecule has 1 N–H and O–H groups in total. The Bertz CT molecular complexity index is 225. The molecule has 0 aliphatic rings. The number of hydrogen-bond acceptors (Lipinski definition) is 1. The Hall–Kier alpha value is -1.24. The largest absolute Gasteiger partial charge is 0.516 e. The predicted molar refractivity (Wildman–Crippen MR) is 78.4 cm³/mol. The van der Waals surface area contributed by atoms with Crippen molar-refractivity contribution in [2.75, 3.05) is 0 Å². The maximum absolute atomic E-state index is 7.33. The summed E-state index contributed by atoms with van der Waals surface area (Å²) < 4.78 is 0. The predicted octanol–water partition coefficient (Wildman–Crippen LogP) is 5.66. The van der Waals surface area contributed by atoms with E-state index in [0.29, 0.717) is 0 Å². The van der Waals surface area contributed by atoms with Crippen LogP contribution >= 0.6 is 0 Å². The third kappa shape index (κ3) is 20.8. The molecule has 0 unspecified atom stereocenters. The molecule has 0 saturated heterocycles. The molecule has 17 heavy (non-hydrogen) atoms. The van der Waals surface area contributed by atoms with Crippen molar-refractivity contribution < 1.29 is 5.11 Å². The molecule has 0 bridgehead atoms. The molecule has 0 radical (unpaired) electrons. The van der Waals surface area contributed by atoms with E-state index in [4.69, 9.17) is 5.11 Å². The fourth-order valence-electron chi connectivity index (χ4n) is 1.21. The van der Waals surface area contributed by atoms with Crippen LogP contribution in [0.3, 0.4) is 0 Å². The molecule has 0 aliphatic heterocycles. The fourth-order valence-corrected chi connectivity index (χ4v) is 1.21. The Balaban J connectivity index is 0. The number of aliphatic hydroxyl groups is 1. The lowest BCUT2D eigenvalue weighted by molar-refractivity contribution is 0.476. The zero-order valence-electron chi connectivity index (χ0n) is 11.7. The maximum Gasteiger partial charge on any atom is 0.0719 e. The summed E-state index contributed by atoms with van der Waals surface area (Å²) in [5.41, 5.74) is 1.32. The Labute approximate surface area is 107 Å². The van der Waals surface area contributed by atoms with Crippen LogP contribution in [-0.2, 0) is 0 Å². The van der Waals surface area contributed by atoms with Gasteiger partial charge in [0.15, 0.2) is 0 Å². The van der Waals surface area contributed by atoms with Crippen molar-refractivity contribution in [2.24, 2.45) is 0 Å². The van der Waals surface area contributed by atoms with Gasteiger partial charge in [-0.25, -0.2) is 0 Å². The van der Waals surface area contributed by atoms with Gasteiger partial charge in [-0.05, 0) is 6.92 Å². The number of aryl methyl sites for hydroxylation is 1. The summed E-state index contributed by atoms with van der Waals surface area (Å²) in [5.74, 6) is 0. The molecule has 0 heterocycles. The second-order valence-corrected chi connectivity index (χ2v) is 3.90. The van der Waals surface area contributed by atoms with Gasteiger partial charge in [0.1, 0.15) is 0 Å². The lowest BCUT2D eigenvalue weighted by Crippen LogP contribution is -1.70. The summed E-state index contributed by atoms with van der Waals surface area (Å²) in [7, 11) is 0. The van der Waals surface area contributed by atoms with Gasteiger partial charge in [0, 0.05) is 0 Å². The Morgan fingerprint density at radius 2 is 1.41 bits per heavy atom. The van der Waals surface area contributed by atoms with Crippen LogP contribution in [0.1, 0.15) is 51.5 Å². The number of aliphatic hydroxyl groups excluding tert-OH is 1. The maximum atomic E-state index is 7.33. The lowest BCUT2D eigenvalue weighted by atomic mass is 10.2. The van der Waals surface area contributed by atoms with E-state index < -0.39 is 0 Å². The van der Waals surface area contributed by atoms with Crippen LogP contribution in [0.2, 0.25) is 0 Å². The van der Waals surface area contributed by atoms with E-state index in [9.17, 15) is 0 Å². The van der Waals surface area contributed by atoms with Crippen molar-refractivity contribution in [2.45, 2.75) is 52.9 Å². The summed E-state index contributed by atoms with van der Waals surface area (Å²) in [5, 5.41) is 7.33. The molecule has 0 atom stereocenters. The minimum absolute atomic E-state index is 0.750. The van der Waals surface area contributed by atoms with Crippen LogP contribution < -0.4 is 0 Å². The van der Waals surface area contributed by atoms with Gasteiger partial charge < -0.3 is 5.11 Å². The molecule has 1 aromatic carbocycles. The molecule has 0 aromatic heterocycles. The monoisotopic (exact) mass is 236 g/mol. The van der Waals surface area contributed by atoms with Crippen molar-refractivity contribution >= 4 is 0 Å². The van der Waals surface area contributed by atoms with Crippen molar-refractivity contribution in [3.8, 4) is 0 Å². The lowest BCUT2D eigenvalue weighted by Gasteiger charge is -1.90. The summed E-state index contributed by atoms with van der Waals surface area (Å²) >= 11 is 0. The average Bonchev–Trinajstić information content (AvgIpc) is 2.33. The first kappa shape index (κ1) is 18.1. The third-order valence-corrected chi connectivity index (χ3v) is 2.15. The van der Waals surface area contributed by atoms with Gasteiger partial charge in [-0.15, -0.1) is 0 Å². The number of hydrogen-bond donors (Lipinski definition) is 1. The van der Waals surface area contributed by atoms with E-state index in [-0.39, 0.29) is 0 Å². The van der Waals surface area contributed by atoms with E-state index in [1.165, 1.54) is 37.7 Å². The van der Waals surface area contributed by atoms with Crippen molar-refractivity contribution in [3.05, 3.63) is 48.7 Å². The van der Waals surface area contributed by atoms with Gasteiger partial charge in [0.25, 0.3) is 0 Å². The minimum atomic E-state index is 0.750. The quantitative estimate of drug-likeness (QED) is 0.528. The van der Waals surface area contributed by atoms with Crippen molar-refractivity contribution in [3.63, 3.8) is 0 Å². The van der Waals surface area contributed by atoms with Gasteiger partial charge in [-0.3, -0.25) is 0 Å². The van der Waals surface area contributed by atoms with Gasteiger partial charge in [0.05, 0.1) is 6.26 Å². The summed E-state index contributed by atoms with van der Waals surface area (Å²) in [6.07, 6.45) is 7.76. The highest BCUT2D eigenvalue weighted by molar-refractivity contribution is 5.11. The smallest absolute Gasteiger partial charge is 0.0719 e. The highest BCUT2D eigenvalue weighted by atomic mass is 16.2. The molecule has 0 spiro atoms. The first-order valence-electron chi connectivity index (χ1n) is 6.49. The summed E-state index contributed by atoms with van der Waals surface area (Å²) in [4.78, 5) is 0. The van der Waals surface area contributed by atoms with Crippen molar-refractivity contribution in [1.82, 2.24) is 0 Å². The standard InChI is InChI=1S/C7H8.C7H16.C2H4O/c1-7-5-3-2-4-6-7;1-3-5-7-6-4-2;1-2-3/h2-6H,1H3;3-7H2,1-2H3;2-3H,1H2. The Morgan fingerprint density at radius 3 is 1.65 bits per heavy atom. The number of unbranched alkanes of at least 4 members (excludes halogenated alkanes) is 4. The normalized spacial score (nSPS) is 8.18. The SMILES string of the molecule is C=CO.CCCCCCC.Cc1ccccc1. The van der Waals surface area contributed by atoms with Crippen LogP contribution in [0.5, 0.6) is 0 Å². The molecule has 1 heteroatoms. The van der Waals surface area contributed by atoms with Gasteiger partial charge in [0.2, 0.25) is 0 Å². The molecule has 98 valence electrons. The van der Waals surface area contributed by atoms with E-state index >= 15 is 0 Å². The molecule has 0 aliphatic carbocycles. The second-order valence-electron chi connectivity index (χ2n) is 3.90. The van der Waals surface area contributed by atoms with Crippen LogP contribution in [-0.4, -0.2) is 5.11 Å². The van der Waals surface area contributed by atoms with E-state index in [0.717, 1.165) is 6.26 Å². The van der Waals surface area contributed by atoms with E-state index in [1.54, 1.807) is 0 Å². The molecule has 1 nitrogen and oxygen atoms in total. The molecule has 0 fully saturated rings. The first-order valence-corrected chi connectivity index (χ1v) is 6.49. The van der Waals surface area contributed by atoms with Gasteiger partial charge >= 0.3 is 0 Å². The summed E-state index contributed by atoms with van der Waals surface area (Å²) in [6.45, 7) is 9.49. The van der Waals surface area contributed by atoms with Gasteiger partial charge in [-0.1, -0.05) is 88.4 Å². The third-order valence-electron chi connectivity index (χ3n) is 2.15. The van der Waals surface area contributed by atoms with Gasteiger partial charge in [-0.2, -0.15) is 0 Å². The second kappa shape index (κ2) is 17.2. The molecular formula is C16H28O. The Morgan fingerprint density at radius 1 is 1.00 bits per heavy atom. The van der Waals surface area contributed by atoms with E-state index in [1.807, 2.05) is 18.2 Å². The zero-order valence-corrected chi connectivity index (χ0v) is 11.7.